The second kappa shape index (κ2) is 6.49. The van der Waals surface area contributed by atoms with Crippen LogP contribution in [0, 0.1) is 5.82 Å². The molecule has 0 atom stereocenters. The van der Waals surface area contributed by atoms with E-state index in [4.69, 9.17) is 17.3 Å². The van der Waals surface area contributed by atoms with E-state index in [2.05, 4.69) is 10.3 Å². The summed E-state index contributed by atoms with van der Waals surface area (Å²) in [6.07, 6.45) is 0.561. The van der Waals surface area contributed by atoms with E-state index in [-0.39, 0.29) is 10.9 Å². The summed E-state index contributed by atoms with van der Waals surface area (Å²) in [7, 11) is 1.92. The molecule has 0 saturated carbocycles. The highest BCUT2D eigenvalue weighted by Gasteiger charge is 2.11. The number of aryl methyl sites for hydroxylation is 1. The molecule has 24 heavy (non-hydrogen) atoms. The van der Waals surface area contributed by atoms with Crippen molar-refractivity contribution in [1.82, 2.24) is 14.9 Å². The van der Waals surface area contributed by atoms with Gasteiger partial charge in [0.2, 0.25) is 0 Å². The average molecular weight is 347 g/mol. The Morgan fingerprint density at radius 1 is 1.33 bits per heavy atom. The van der Waals surface area contributed by atoms with Gasteiger partial charge in [-0.1, -0.05) is 11.6 Å². The first-order valence-corrected chi connectivity index (χ1v) is 7.77. The predicted molar refractivity (Wildman–Crippen MR) is 92.6 cm³/mol. The minimum absolute atomic E-state index is 0.0735. The van der Waals surface area contributed by atoms with Crippen molar-refractivity contribution < 1.29 is 9.18 Å². The van der Waals surface area contributed by atoms with E-state index in [9.17, 15) is 9.18 Å². The molecule has 1 amide bonds. The largest absolute Gasteiger partial charge is 0.399 e. The number of nitrogens with zero attached hydrogens (tertiary/aromatic N) is 2. The van der Waals surface area contributed by atoms with Crippen molar-refractivity contribution in [3.8, 4) is 0 Å². The molecular formula is C17H16ClFN4O. The fourth-order valence-electron chi connectivity index (χ4n) is 2.52. The number of nitrogens with one attached hydrogen (secondary N) is 1. The van der Waals surface area contributed by atoms with Crippen LogP contribution in [0.25, 0.3) is 11.0 Å². The summed E-state index contributed by atoms with van der Waals surface area (Å²) in [5, 5.41) is 2.71. The standard InChI is InChI=1S/C17H16ClFN4O/c1-23-15-5-3-11(20)9-14(15)22-16(23)6-7-21-17(24)10-2-4-13(19)12(18)8-10/h2-5,8-9H,6-7,20H2,1H3,(H,21,24). The Morgan fingerprint density at radius 3 is 2.88 bits per heavy atom. The van der Waals surface area contributed by atoms with Crippen molar-refractivity contribution >= 4 is 34.2 Å². The van der Waals surface area contributed by atoms with E-state index in [1.807, 2.05) is 29.8 Å². The van der Waals surface area contributed by atoms with Crippen LogP contribution in [-0.4, -0.2) is 22.0 Å². The lowest BCUT2D eigenvalue weighted by Gasteiger charge is -2.06. The highest BCUT2D eigenvalue weighted by Crippen LogP contribution is 2.18. The Labute approximate surface area is 143 Å². The summed E-state index contributed by atoms with van der Waals surface area (Å²) >= 11 is 5.69. The number of aromatic nitrogens is 2. The van der Waals surface area contributed by atoms with Gasteiger partial charge in [0, 0.05) is 31.3 Å². The molecular weight excluding hydrogens is 331 g/mol. The van der Waals surface area contributed by atoms with Crippen molar-refractivity contribution in [2.75, 3.05) is 12.3 Å². The normalized spacial score (nSPS) is 11.0. The first-order valence-electron chi connectivity index (χ1n) is 7.40. The van der Waals surface area contributed by atoms with Crippen LogP contribution < -0.4 is 11.1 Å². The van der Waals surface area contributed by atoms with Gasteiger partial charge in [0.25, 0.3) is 5.91 Å². The number of anilines is 1. The summed E-state index contributed by atoms with van der Waals surface area (Å²) in [5.74, 6) is -0.0138. The first kappa shape index (κ1) is 16.3. The van der Waals surface area contributed by atoms with E-state index in [1.165, 1.54) is 18.2 Å². The zero-order valence-corrected chi connectivity index (χ0v) is 13.8. The zero-order chi connectivity index (χ0) is 17.3. The molecule has 0 aliphatic rings. The number of halogens is 2. The average Bonchev–Trinajstić information content (AvgIpc) is 2.85. The third-order valence-electron chi connectivity index (χ3n) is 3.81. The molecule has 0 aliphatic heterocycles. The number of hydrogen-bond donors (Lipinski definition) is 2. The van der Waals surface area contributed by atoms with Gasteiger partial charge in [-0.2, -0.15) is 0 Å². The Bertz CT molecular complexity index is 922. The van der Waals surface area contributed by atoms with Gasteiger partial charge >= 0.3 is 0 Å². The molecule has 0 unspecified atom stereocenters. The number of nitrogen functional groups attached to an aromatic ring is 1. The third kappa shape index (κ3) is 3.19. The molecule has 0 radical (unpaired) electrons. The second-order valence-electron chi connectivity index (χ2n) is 5.47. The summed E-state index contributed by atoms with van der Waals surface area (Å²) < 4.78 is 15.1. The van der Waals surface area contributed by atoms with Gasteiger partial charge in [0.1, 0.15) is 11.6 Å². The van der Waals surface area contributed by atoms with Crippen molar-refractivity contribution in [3.63, 3.8) is 0 Å². The Kier molecular flexibility index (Phi) is 4.40. The van der Waals surface area contributed by atoms with Gasteiger partial charge in [-0.05, 0) is 36.4 Å². The van der Waals surface area contributed by atoms with Crippen molar-refractivity contribution in [1.29, 1.82) is 0 Å². The first-order chi connectivity index (χ1) is 11.5. The Hall–Kier alpha value is -2.60. The molecule has 0 fully saturated rings. The number of fused-ring (bicyclic) bond motifs is 1. The topological polar surface area (TPSA) is 72.9 Å². The second-order valence-corrected chi connectivity index (χ2v) is 5.88. The minimum atomic E-state index is -0.549. The lowest BCUT2D eigenvalue weighted by Crippen LogP contribution is -2.26. The van der Waals surface area contributed by atoms with Crippen LogP contribution in [0.5, 0.6) is 0 Å². The maximum Gasteiger partial charge on any atom is 0.251 e. The number of carbonyl (C=O) groups is 1. The van der Waals surface area contributed by atoms with Crippen molar-refractivity contribution in [2.24, 2.45) is 7.05 Å². The molecule has 3 rings (SSSR count). The number of rotatable bonds is 4. The number of nitrogens with two attached hydrogens (primary N) is 1. The molecule has 2 aromatic carbocycles. The van der Waals surface area contributed by atoms with E-state index in [0.717, 1.165) is 16.9 Å². The lowest BCUT2D eigenvalue weighted by atomic mass is 10.2. The minimum Gasteiger partial charge on any atom is -0.399 e. The van der Waals surface area contributed by atoms with Crippen LogP contribution in [0.3, 0.4) is 0 Å². The van der Waals surface area contributed by atoms with Crippen LogP contribution in [-0.2, 0) is 13.5 Å². The number of amides is 1. The number of imidazole rings is 1. The summed E-state index contributed by atoms with van der Waals surface area (Å²) in [5.41, 5.74) is 8.55. The summed E-state index contributed by atoms with van der Waals surface area (Å²) in [6.45, 7) is 0.403. The molecule has 0 bridgehead atoms. The zero-order valence-electron chi connectivity index (χ0n) is 13.0. The molecule has 124 valence electrons. The molecule has 0 aliphatic carbocycles. The van der Waals surface area contributed by atoms with Crippen molar-refractivity contribution in [3.05, 3.63) is 58.6 Å². The maximum atomic E-state index is 13.1. The van der Waals surface area contributed by atoms with Crippen LogP contribution in [0.4, 0.5) is 10.1 Å². The number of carbonyl (C=O) groups excluding carboxylic acids is 1. The monoisotopic (exact) mass is 346 g/mol. The predicted octanol–water partition coefficient (Wildman–Crippen LogP) is 2.92. The highest BCUT2D eigenvalue weighted by molar-refractivity contribution is 6.31. The third-order valence-corrected chi connectivity index (χ3v) is 4.10. The molecule has 3 N–H and O–H groups in total. The van der Waals surface area contributed by atoms with Gasteiger partial charge in [-0.25, -0.2) is 9.37 Å². The van der Waals surface area contributed by atoms with Gasteiger partial charge in [-0.3, -0.25) is 4.79 Å². The number of hydrogen-bond acceptors (Lipinski definition) is 3. The highest BCUT2D eigenvalue weighted by atomic mass is 35.5. The fraction of sp³-hybridized carbons (Fsp3) is 0.176. The van der Waals surface area contributed by atoms with E-state index < -0.39 is 5.82 Å². The van der Waals surface area contributed by atoms with E-state index in [0.29, 0.717) is 24.2 Å². The molecule has 7 heteroatoms. The fourth-order valence-corrected chi connectivity index (χ4v) is 2.70. The van der Waals surface area contributed by atoms with Gasteiger partial charge in [0.15, 0.2) is 0 Å². The van der Waals surface area contributed by atoms with Crippen LogP contribution in [0.1, 0.15) is 16.2 Å². The van der Waals surface area contributed by atoms with Gasteiger partial charge < -0.3 is 15.6 Å². The molecule has 5 nitrogen and oxygen atoms in total. The van der Waals surface area contributed by atoms with Crippen LogP contribution in [0.15, 0.2) is 36.4 Å². The van der Waals surface area contributed by atoms with Crippen LogP contribution >= 0.6 is 11.6 Å². The van der Waals surface area contributed by atoms with Gasteiger partial charge in [-0.15, -0.1) is 0 Å². The molecule has 0 saturated heterocycles. The molecule has 1 heterocycles. The lowest BCUT2D eigenvalue weighted by molar-refractivity contribution is 0.0954. The van der Waals surface area contributed by atoms with E-state index in [1.54, 1.807) is 0 Å². The maximum absolute atomic E-state index is 13.1. The summed E-state index contributed by atoms with van der Waals surface area (Å²) in [6, 6.07) is 9.44. The Morgan fingerprint density at radius 2 is 2.12 bits per heavy atom. The molecule has 3 aromatic rings. The van der Waals surface area contributed by atoms with Gasteiger partial charge in [0.05, 0.1) is 16.1 Å². The summed E-state index contributed by atoms with van der Waals surface area (Å²) in [4.78, 5) is 16.6. The van der Waals surface area contributed by atoms with Crippen molar-refractivity contribution in [2.45, 2.75) is 6.42 Å². The van der Waals surface area contributed by atoms with Crippen LogP contribution in [0.2, 0.25) is 5.02 Å². The molecule has 0 spiro atoms. The van der Waals surface area contributed by atoms with E-state index >= 15 is 0 Å². The SMILES string of the molecule is Cn1c(CCNC(=O)c2ccc(F)c(Cl)c2)nc2cc(N)ccc21. The molecule has 1 aromatic heterocycles. The quantitative estimate of drug-likeness (QED) is 0.713. The Balaban J connectivity index is 1.67. The number of benzene rings is 2. The smallest absolute Gasteiger partial charge is 0.251 e.